The molecule has 3 nitrogen and oxygen atoms in total. The Morgan fingerprint density at radius 1 is 0.620 bits per heavy atom. The SMILES string of the molecule is CC(C)(C)Cc1ccnc(-c2[c-]cc3c(c2)c2cc4sc5ccccc5c4c4c5ccccc5n3c24)c1.[Ir].[c-]1ccccc1-c1ccccn1. The minimum atomic E-state index is 0. The Kier molecular flexibility index (Phi) is 8.23. The number of para-hydroxylation sites is 1. The van der Waals surface area contributed by atoms with Gasteiger partial charge in [0.2, 0.25) is 0 Å². The molecule has 0 spiro atoms. The van der Waals surface area contributed by atoms with Crippen LogP contribution in [0.15, 0.2) is 134 Å². The molecule has 0 saturated carbocycles. The fraction of sp³-hybridized carbons (Fsp3) is 0.111. The van der Waals surface area contributed by atoms with E-state index in [1.165, 1.54) is 63.8 Å². The monoisotopic (exact) mass is 840 g/mol. The van der Waals surface area contributed by atoms with Crippen molar-refractivity contribution in [1.29, 1.82) is 0 Å². The number of benzene rings is 5. The molecule has 245 valence electrons. The van der Waals surface area contributed by atoms with Crippen LogP contribution in [0.25, 0.3) is 80.8 Å². The Morgan fingerprint density at radius 2 is 1.40 bits per heavy atom. The molecule has 50 heavy (non-hydrogen) atoms. The van der Waals surface area contributed by atoms with Crippen LogP contribution in [0.3, 0.4) is 0 Å². The van der Waals surface area contributed by atoms with Gasteiger partial charge in [0.05, 0.1) is 5.52 Å². The van der Waals surface area contributed by atoms with Crippen molar-refractivity contribution in [3.05, 3.63) is 151 Å². The van der Waals surface area contributed by atoms with E-state index < -0.39 is 0 Å². The number of fused-ring (bicyclic) bond motifs is 10. The van der Waals surface area contributed by atoms with Crippen LogP contribution in [0.2, 0.25) is 0 Å². The Hall–Kier alpha value is -4.93. The molecule has 5 aromatic carbocycles. The van der Waals surface area contributed by atoms with Crippen molar-refractivity contribution in [2.45, 2.75) is 27.2 Å². The Morgan fingerprint density at radius 3 is 2.20 bits per heavy atom. The van der Waals surface area contributed by atoms with Gasteiger partial charge in [0.1, 0.15) is 0 Å². The van der Waals surface area contributed by atoms with Crippen molar-refractivity contribution in [2.24, 2.45) is 5.41 Å². The molecule has 0 amide bonds. The van der Waals surface area contributed by atoms with Gasteiger partial charge in [-0.1, -0.05) is 86.3 Å². The van der Waals surface area contributed by atoms with Crippen molar-refractivity contribution in [2.75, 3.05) is 0 Å². The van der Waals surface area contributed by atoms with E-state index in [9.17, 15) is 0 Å². The van der Waals surface area contributed by atoms with Crippen LogP contribution < -0.4 is 0 Å². The average molecular weight is 840 g/mol. The van der Waals surface area contributed by atoms with Crippen LogP contribution in [-0.2, 0) is 26.5 Å². The first-order valence-electron chi connectivity index (χ1n) is 16.7. The predicted molar refractivity (Wildman–Crippen MR) is 208 cm³/mol. The van der Waals surface area contributed by atoms with E-state index in [4.69, 9.17) is 4.98 Å². The van der Waals surface area contributed by atoms with Gasteiger partial charge in [0.15, 0.2) is 0 Å². The van der Waals surface area contributed by atoms with Gasteiger partial charge in [-0.3, -0.25) is 0 Å². The van der Waals surface area contributed by atoms with Crippen molar-refractivity contribution < 1.29 is 20.1 Å². The molecule has 0 unspecified atom stereocenters. The fourth-order valence-electron chi connectivity index (χ4n) is 7.28. The summed E-state index contributed by atoms with van der Waals surface area (Å²) in [5, 5.41) is 7.98. The van der Waals surface area contributed by atoms with Gasteiger partial charge in [-0.15, -0.1) is 71.0 Å². The molecular weight excluding hydrogens is 807 g/mol. The number of rotatable bonds is 3. The molecule has 0 atom stereocenters. The van der Waals surface area contributed by atoms with Gasteiger partial charge in [-0.25, -0.2) is 0 Å². The molecule has 10 aromatic rings. The second kappa shape index (κ2) is 12.8. The number of pyridine rings is 2. The summed E-state index contributed by atoms with van der Waals surface area (Å²) in [6.45, 7) is 6.84. The molecule has 1 radical (unpaired) electrons. The summed E-state index contributed by atoms with van der Waals surface area (Å²) in [7, 11) is 0. The van der Waals surface area contributed by atoms with E-state index in [0.717, 1.165) is 28.9 Å². The summed E-state index contributed by atoms with van der Waals surface area (Å²) in [5.41, 5.74) is 9.38. The van der Waals surface area contributed by atoms with Crippen molar-refractivity contribution in [1.82, 2.24) is 14.4 Å². The van der Waals surface area contributed by atoms with E-state index in [1.807, 2.05) is 60.0 Å². The molecule has 10 rings (SSSR count). The predicted octanol–water partition coefficient (Wildman–Crippen LogP) is 12.2. The van der Waals surface area contributed by atoms with Crippen LogP contribution in [0.1, 0.15) is 26.3 Å². The fourth-order valence-corrected chi connectivity index (χ4v) is 8.43. The first-order chi connectivity index (χ1) is 23.9. The third kappa shape index (κ3) is 5.56. The molecule has 0 aliphatic carbocycles. The summed E-state index contributed by atoms with van der Waals surface area (Å²) < 4.78 is 5.14. The molecule has 0 saturated heterocycles. The van der Waals surface area contributed by atoms with Crippen LogP contribution in [-0.4, -0.2) is 14.4 Å². The second-order valence-electron chi connectivity index (χ2n) is 13.9. The van der Waals surface area contributed by atoms with Crippen molar-refractivity contribution >= 4 is 69.6 Å². The third-order valence-electron chi connectivity index (χ3n) is 9.22. The molecular formula is C45H33IrN3S-2. The van der Waals surface area contributed by atoms with Gasteiger partial charge in [0.25, 0.3) is 0 Å². The Balaban J connectivity index is 0.000000236. The molecule has 0 fully saturated rings. The molecule has 0 aliphatic rings. The van der Waals surface area contributed by atoms with E-state index in [-0.39, 0.29) is 25.5 Å². The number of hydrogen-bond acceptors (Lipinski definition) is 3. The van der Waals surface area contributed by atoms with Crippen LogP contribution >= 0.6 is 11.3 Å². The summed E-state index contributed by atoms with van der Waals surface area (Å²) in [6.07, 6.45) is 4.75. The zero-order valence-corrected chi connectivity index (χ0v) is 31.2. The van der Waals surface area contributed by atoms with E-state index in [0.29, 0.717) is 0 Å². The zero-order valence-electron chi connectivity index (χ0n) is 28.0. The number of aromatic nitrogens is 3. The summed E-state index contributed by atoms with van der Waals surface area (Å²) in [6, 6.07) is 49.3. The van der Waals surface area contributed by atoms with E-state index >= 15 is 0 Å². The minimum absolute atomic E-state index is 0. The number of nitrogens with zero attached hydrogens (tertiary/aromatic N) is 3. The van der Waals surface area contributed by atoms with Gasteiger partial charge in [0, 0.05) is 69.0 Å². The van der Waals surface area contributed by atoms with Gasteiger partial charge in [-0.2, -0.15) is 0 Å². The summed E-state index contributed by atoms with van der Waals surface area (Å²) >= 11 is 1.89. The quantitative estimate of drug-likeness (QED) is 0.166. The third-order valence-corrected chi connectivity index (χ3v) is 10.3. The topological polar surface area (TPSA) is 30.2 Å². The number of hydrogen-bond donors (Lipinski definition) is 0. The maximum Gasteiger partial charge on any atom is 0.0524 e. The van der Waals surface area contributed by atoms with E-state index in [1.54, 1.807) is 6.20 Å². The standard InChI is InChI=1S/C34H25N2S.C11H8N.Ir/c1-34(2,3)19-20-14-15-35-26(16-20)21-12-13-28-24(17-21)25-18-30-31(23-9-5-7-11-29(23)37-30)32-22-8-4-6-10-27(22)36(28)33(25)32;1-2-6-10(7-3-1)11-8-4-5-9-12-11;/h4-11,13-18H,19H2,1-3H3;1-6,8-9H;/q2*-1;. The summed E-state index contributed by atoms with van der Waals surface area (Å²) in [4.78, 5) is 8.96. The molecule has 0 aliphatic heterocycles. The van der Waals surface area contributed by atoms with Crippen molar-refractivity contribution in [3.63, 3.8) is 0 Å². The van der Waals surface area contributed by atoms with E-state index in [2.05, 4.69) is 121 Å². The molecule has 5 heteroatoms. The maximum atomic E-state index is 4.74. The van der Waals surface area contributed by atoms with Crippen LogP contribution in [0.4, 0.5) is 0 Å². The maximum absolute atomic E-state index is 4.74. The second-order valence-corrected chi connectivity index (χ2v) is 15.0. The number of thiophene rings is 1. The smallest absolute Gasteiger partial charge is 0.0524 e. The molecule has 5 heterocycles. The van der Waals surface area contributed by atoms with Crippen LogP contribution in [0.5, 0.6) is 0 Å². The van der Waals surface area contributed by atoms with Gasteiger partial charge >= 0.3 is 0 Å². The first kappa shape index (κ1) is 32.3. The zero-order chi connectivity index (χ0) is 33.1. The minimum Gasteiger partial charge on any atom is -0.350 e. The van der Waals surface area contributed by atoms with Crippen molar-refractivity contribution in [3.8, 4) is 22.5 Å². The molecule has 0 N–H and O–H groups in total. The molecule has 0 bridgehead atoms. The first-order valence-corrected chi connectivity index (χ1v) is 17.5. The van der Waals surface area contributed by atoms with Gasteiger partial charge in [-0.05, 0) is 64.5 Å². The Bertz CT molecular complexity index is 2740. The van der Waals surface area contributed by atoms with Gasteiger partial charge < -0.3 is 14.4 Å². The largest absolute Gasteiger partial charge is 0.350 e. The Labute approximate surface area is 308 Å². The normalized spacial score (nSPS) is 11.8. The summed E-state index contributed by atoms with van der Waals surface area (Å²) in [5.74, 6) is 0. The van der Waals surface area contributed by atoms with Crippen LogP contribution in [0, 0.1) is 17.5 Å². The molecule has 5 aromatic heterocycles. The average Bonchev–Trinajstić information content (AvgIpc) is 3.78.